The summed E-state index contributed by atoms with van der Waals surface area (Å²) < 4.78 is 29.9. The number of rotatable bonds is 2. The molecule has 0 spiro atoms. The average Bonchev–Trinajstić information content (AvgIpc) is 2.64. The van der Waals surface area contributed by atoms with Crippen molar-refractivity contribution in [1.29, 1.82) is 0 Å². The van der Waals surface area contributed by atoms with Gasteiger partial charge in [-0.25, -0.2) is 8.78 Å². The summed E-state index contributed by atoms with van der Waals surface area (Å²) in [6.45, 7) is 0.384. The third-order valence-electron chi connectivity index (χ3n) is 1.92. The van der Waals surface area contributed by atoms with Gasteiger partial charge in [0.25, 0.3) is 0 Å². The fourth-order valence-corrected chi connectivity index (χ4v) is 1.86. The molecule has 0 saturated heterocycles. The van der Waals surface area contributed by atoms with Crippen LogP contribution >= 0.6 is 11.5 Å². The van der Waals surface area contributed by atoms with Crippen molar-refractivity contribution in [2.45, 2.75) is 6.54 Å². The number of halogens is 2. The first-order chi connectivity index (χ1) is 7.19. The van der Waals surface area contributed by atoms with Gasteiger partial charge in [-0.2, -0.15) is 4.37 Å². The van der Waals surface area contributed by atoms with Crippen LogP contribution in [0.15, 0.2) is 24.3 Å². The molecule has 1 aromatic carbocycles. The molecule has 15 heavy (non-hydrogen) atoms. The van der Waals surface area contributed by atoms with Gasteiger partial charge in [0, 0.05) is 23.1 Å². The fourth-order valence-electron chi connectivity index (χ4n) is 1.25. The summed E-state index contributed by atoms with van der Waals surface area (Å²) in [6, 6.07) is 5.06. The van der Waals surface area contributed by atoms with E-state index in [2.05, 4.69) is 4.37 Å². The molecular weight excluding hydrogens is 218 g/mol. The van der Waals surface area contributed by atoms with Crippen molar-refractivity contribution >= 4 is 11.5 Å². The molecule has 0 amide bonds. The highest BCUT2D eigenvalue weighted by Gasteiger charge is 2.06. The predicted molar refractivity (Wildman–Crippen MR) is 55.4 cm³/mol. The quantitative estimate of drug-likeness (QED) is 0.854. The summed E-state index contributed by atoms with van der Waals surface area (Å²) in [4.78, 5) is 0.884. The molecule has 0 bridgehead atoms. The van der Waals surface area contributed by atoms with E-state index in [1.165, 1.54) is 23.7 Å². The van der Waals surface area contributed by atoms with Crippen LogP contribution in [0, 0.1) is 11.6 Å². The maximum atomic E-state index is 12.9. The molecular formula is C10H8F2N2S. The van der Waals surface area contributed by atoms with Crippen LogP contribution in [-0.4, -0.2) is 4.37 Å². The molecule has 0 unspecified atom stereocenters. The van der Waals surface area contributed by atoms with Gasteiger partial charge in [0.15, 0.2) is 0 Å². The lowest BCUT2D eigenvalue weighted by atomic mass is 10.1. The van der Waals surface area contributed by atoms with Crippen molar-refractivity contribution in [3.8, 4) is 11.3 Å². The molecule has 1 aromatic heterocycles. The molecule has 0 radical (unpaired) electrons. The van der Waals surface area contributed by atoms with Crippen molar-refractivity contribution < 1.29 is 8.78 Å². The largest absolute Gasteiger partial charge is 0.326 e. The Balaban J connectivity index is 2.44. The fraction of sp³-hybridized carbons (Fsp3) is 0.100. The Morgan fingerprint density at radius 1 is 1.13 bits per heavy atom. The monoisotopic (exact) mass is 226 g/mol. The Labute approximate surface area is 89.5 Å². The molecule has 0 aliphatic carbocycles. The van der Waals surface area contributed by atoms with Gasteiger partial charge >= 0.3 is 0 Å². The third-order valence-corrected chi connectivity index (χ3v) is 2.73. The normalized spacial score (nSPS) is 10.6. The van der Waals surface area contributed by atoms with Gasteiger partial charge in [-0.05, 0) is 29.7 Å². The lowest BCUT2D eigenvalue weighted by molar-refractivity contribution is 0.584. The Kier molecular flexibility index (Phi) is 2.75. The molecule has 2 nitrogen and oxygen atoms in total. The van der Waals surface area contributed by atoms with E-state index in [4.69, 9.17) is 5.73 Å². The number of nitrogens with zero attached hydrogens (tertiary/aromatic N) is 1. The van der Waals surface area contributed by atoms with Crippen LogP contribution in [0.3, 0.4) is 0 Å². The zero-order valence-corrected chi connectivity index (χ0v) is 8.52. The van der Waals surface area contributed by atoms with Gasteiger partial charge in [0.2, 0.25) is 0 Å². The van der Waals surface area contributed by atoms with E-state index in [9.17, 15) is 8.78 Å². The molecule has 2 N–H and O–H groups in total. The third kappa shape index (κ3) is 2.19. The first-order valence-corrected chi connectivity index (χ1v) is 5.08. The number of benzene rings is 1. The highest BCUT2D eigenvalue weighted by molar-refractivity contribution is 7.06. The van der Waals surface area contributed by atoms with Crippen LogP contribution in [0.1, 0.15) is 4.88 Å². The molecule has 0 aliphatic rings. The molecule has 78 valence electrons. The van der Waals surface area contributed by atoms with Crippen LogP contribution in [0.4, 0.5) is 8.78 Å². The minimum Gasteiger partial charge on any atom is -0.326 e. The number of hydrogen-bond donors (Lipinski definition) is 1. The topological polar surface area (TPSA) is 38.9 Å². The first-order valence-electron chi connectivity index (χ1n) is 4.31. The van der Waals surface area contributed by atoms with Gasteiger partial charge in [0.1, 0.15) is 11.6 Å². The molecule has 0 fully saturated rings. The maximum Gasteiger partial charge on any atom is 0.126 e. The summed E-state index contributed by atoms with van der Waals surface area (Å²) in [5.74, 6) is -1.21. The van der Waals surface area contributed by atoms with Crippen molar-refractivity contribution in [1.82, 2.24) is 4.37 Å². The van der Waals surface area contributed by atoms with E-state index < -0.39 is 11.6 Å². The van der Waals surface area contributed by atoms with Crippen molar-refractivity contribution in [3.05, 3.63) is 40.8 Å². The Bertz CT molecular complexity index is 462. The van der Waals surface area contributed by atoms with Gasteiger partial charge in [-0.1, -0.05) is 0 Å². The number of nitrogens with two attached hydrogens (primary N) is 1. The zero-order chi connectivity index (χ0) is 10.8. The predicted octanol–water partition coefficient (Wildman–Crippen LogP) is 2.55. The van der Waals surface area contributed by atoms with Gasteiger partial charge in [0.05, 0.1) is 5.69 Å². The second kappa shape index (κ2) is 4.04. The lowest BCUT2D eigenvalue weighted by Gasteiger charge is -1.97. The minimum atomic E-state index is -0.604. The van der Waals surface area contributed by atoms with E-state index in [0.717, 1.165) is 10.9 Å². The van der Waals surface area contributed by atoms with Crippen molar-refractivity contribution in [3.63, 3.8) is 0 Å². The molecule has 0 atom stereocenters. The molecule has 0 saturated carbocycles. The number of hydrogen-bond acceptors (Lipinski definition) is 3. The summed E-state index contributed by atoms with van der Waals surface area (Å²) in [5.41, 5.74) is 6.41. The van der Waals surface area contributed by atoms with Crippen LogP contribution in [0.2, 0.25) is 0 Å². The summed E-state index contributed by atoms with van der Waals surface area (Å²) in [5, 5.41) is 0. The molecule has 0 aliphatic heterocycles. The second-order valence-corrected chi connectivity index (χ2v) is 3.93. The van der Waals surface area contributed by atoms with Gasteiger partial charge < -0.3 is 5.73 Å². The maximum absolute atomic E-state index is 12.9. The summed E-state index contributed by atoms with van der Waals surface area (Å²) in [6.07, 6.45) is 0. The SMILES string of the molecule is NCc1cc(-c2cc(F)cc(F)c2)ns1. The number of aromatic nitrogens is 1. The van der Waals surface area contributed by atoms with Crippen molar-refractivity contribution in [2.24, 2.45) is 5.73 Å². The Hall–Kier alpha value is -1.33. The summed E-state index contributed by atoms with van der Waals surface area (Å²) in [7, 11) is 0. The lowest BCUT2D eigenvalue weighted by Crippen LogP contribution is -1.91. The Morgan fingerprint density at radius 3 is 2.33 bits per heavy atom. The second-order valence-electron chi connectivity index (χ2n) is 3.04. The molecule has 2 rings (SSSR count). The first kappa shape index (κ1) is 10.2. The van der Waals surface area contributed by atoms with Crippen LogP contribution in [-0.2, 0) is 6.54 Å². The zero-order valence-electron chi connectivity index (χ0n) is 7.71. The van der Waals surface area contributed by atoms with E-state index in [1.807, 2.05) is 0 Å². The van der Waals surface area contributed by atoms with Gasteiger partial charge in [-0.3, -0.25) is 0 Å². The molecule has 5 heteroatoms. The minimum absolute atomic E-state index is 0.384. The van der Waals surface area contributed by atoms with Crippen LogP contribution in [0.25, 0.3) is 11.3 Å². The Morgan fingerprint density at radius 2 is 1.80 bits per heavy atom. The average molecular weight is 226 g/mol. The smallest absolute Gasteiger partial charge is 0.126 e. The van der Waals surface area contributed by atoms with Gasteiger partial charge in [-0.15, -0.1) is 0 Å². The van der Waals surface area contributed by atoms with E-state index in [0.29, 0.717) is 17.8 Å². The molecule has 1 heterocycles. The highest BCUT2D eigenvalue weighted by Crippen LogP contribution is 2.23. The standard InChI is InChI=1S/C10H8F2N2S/c11-7-1-6(2-8(12)3-7)10-4-9(5-13)15-14-10/h1-4H,5,13H2. The van der Waals surface area contributed by atoms with E-state index in [-0.39, 0.29) is 0 Å². The van der Waals surface area contributed by atoms with Crippen molar-refractivity contribution in [2.75, 3.05) is 0 Å². The van der Waals surface area contributed by atoms with E-state index in [1.54, 1.807) is 6.07 Å². The van der Waals surface area contributed by atoms with Crippen LogP contribution < -0.4 is 5.73 Å². The summed E-state index contributed by atoms with van der Waals surface area (Å²) >= 11 is 1.24. The van der Waals surface area contributed by atoms with E-state index >= 15 is 0 Å². The van der Waals surface area contributed by atoms with Crippen LogP contribution in [0.5, 0.6) is 0 Å². The highest BCUT2D eigenvalue weighted by atomic mass is 32.1. The molecule has 2 aromatic rings.